The topological polar surface area (TPSA) is 134 Å². The molecule has 2 aliphatic heterocycles. The minimum atomic E-state index is -0.907. The van der Waals surface area contributed by atoms with E-state index in [0.717, 1.165) is 38.5 Å². The fourth-order valence-electron chi connectivity index (χ4n) is 6.26. The number of likely N-dealkylation sites (tertiary alicyclic amines) is 2. The van der Waals surface area contributed by atoms with E-state index in [0.29, 0.717) is 24.9 Å². The van der Waals surface area contributed by atoms with Crippen molar-refractivity contribution in [3.8, 4) is 0 Å². The van der Waals surface area contributed by atoms with Gasteiger partial charge in [-0.2, -0.15) is 0 Å². The highest BCUT2D eigenvalue weighted by Gasteiger charge is 2.51. The van der Waals surface area contributed by atoms with Gasteiger partial charge in [0.15, 0.2) is 0 Å². The summed E-state index contributed by atoms with van der Waals surface area (Å²) in [5.41, 5.74) is -1.17. The molecule has 4 rings (SSSR count). The Balaban J connectivity index is 0.000000201. The van der Waals surface area contributed by atoms with E-state index in [9.17, 15) is 29.4 Å². The first-order valence-corrected chi connectivity index (χ1v) is 13.0. The maximum absolute atomic E-state index is 12.0. The molecule has 0 aromatic carbocycles. The molecule has 2 saturated heterocycles. The van der Waals surface area contributed by atoms with E-state index < -0.39 is 47.4 Å². The molecule has 10 heteroatoms. The third-order valence-electron chi connectivity index (χ3n) is 7.54. The lowest BCUT2D eigenvalue weighted by molar-refractivity contribution is -0.144. The van der Waals surface area contributed by atoms with Gasteiger partial charge in [0.2, 0.25) is 0 Å². The first-order chi connectivity index (χ1) is 16.6. The van der Waals surface area contributed by atoms with Gasteiger partial charge in [0, 0.05) is 13.1 Å². The predicted octanol–water partition coefficient (Wildman–Crippen LogP) is 4.21. The number of fused-ring (bicyclic) bond motifs is 2. The predicted molar refractivity (Wildman–Crippen MR) is 130 cm³/mol. The number of amides is 2. The highest BCUT2D eigenvalue weighted by Crippen LogP contribution is 2.43. The van der Waals surface area contributed by atoms with Gasteiger partial charge in [-0.15, -0.1) is 0 Å². The Morgan fingerprint density at radius 1 is 0.639 bits per heavy atom. The zero-order chi connectivity index (χ0) is 27.0. The number of carbonyl (C=O) groups excluding carboxylic acids is 2. The molecule has 0 bridgehead atoms. The van der Waals surface area contributed by atoms with Gasteiger partial charge >= 0.3 is 24.1 Å². The normalized spacial score (nSPS) is 31.3. The van der Waals surface area contributed by atoms with Crippen LogP contribution in [0.4, 0.5) is 9.59 Å². The van der Waals surface area contributed by atoms with Gasteiger partial charge < -0.3 is 19.7 Å². The Morgan fingerprint density at radius 2 is 0.972 bits per heavy atom. The number of aliphatic carboxylic acids is 2. The van der Waals surface area contributed by atoms with Crippen molar-refractivity contribution in [3.05, 3.63) is 0 Å². The van der Waals surface area contributed by atoms with Crippen molar-refractivity contribution in [2.24, 2.45) is 23.7 Å². The number of hydrogen-bond donors (Lipinski definition) is 2. The van der Waals surface area contributed by atoms with Gasteiger partial charge in [-0.3, -0.25) is 9.80 Å². The second-order valence-electron chi connectivity index (χ2n) is 12.5. The molecule has 0 spiro atoms. The molecule has 204 valence electrons. The summed E-state index contributed by atoms with van der Waals surface area (Å²) < 4.78 is 10.6. The molecule has 0 radical (unpaired) electrons. The van der Waals surface area contributed by atoms with E-state index in [1.807, 2.05) is 0 Å². The van der Waals surface area contributed by atoms with Gasteiger partial charge in [0.05, 0.1) is 0 Å². The second-order valence-corrected chi connectivity index (χ2v) is 12.5. The molecular weight excluding hydrogens is 468 g/mol. The minimum Gasteiger partial charge on any atom is -0.480 e. The van der Waals surface area contributed by atoms with Crippen molar-refractivity contribution >= 4 is 24.1 Å². The van der Waals surface area contributed by atoms with Crippen molar-refractivity contribution in [3.63, 3.8) is 0 Å². The smallest absolute Gasteiger partial charge is 0.411 e. The van der Waals surface area contributed by atoms with E-state index in [2.05, 4.69) is 0 Å². The summed E-state index contributed by atoms with van der Waals surface area (Å²) in [6.45, 7) is 11.8. The maximum atomic E-state index is 12.0. The summed E-state index contributed by atoms with van der Waals surface area (Å²) in [4.78, 5) is 49.7. The molecule has 4 aliphatic rings. The van der Waals surface area contributed by atoms with Gasteiger partial charge in [0.25, 0.3) is 0 Å². The van der Waals surface area contributed by atoms with Gasteiger partial charge in [-0.1, -0.05) is 12.8 Å². The Morgan fingerprint density at radius 3 is 1.25 bits per heavy atom. The molecular formula is C26H42N2O8. The Bertz CT molecular complexity index is 791. The summed E-state index contributed by atoms with van der Waals surface area (Å²) in [5.74, 6) is -0.937. The van der Waals surface area contributed by atoms with E-state index in [1.54, 1.807) is 41.5 Å². The zero-order valence-electron chi connectivity index (χ0n) is 22.4. The molecule has 6 atom stereocenters. The quantitative estimate of drug-likeness (QED) is 0.564. The molecule has 10 nitrogen and oxygen atoms in total. The number of nitrogens with zero attached hydrogens (tertiary/aromatic N) is 2. The molecule has 2 saturated carbocycles. The third kappa shape index (κ3) is 6.42. The van der Waals surface area contributed by atoms with Crippen LogP contribution in [-0.4, -0.2) is 80.5 Å². The van der Waals surface area contributed by atoms with Crippen molar-refractivity contribution in [2.75, 3.05) is 13.1 Å². The van der Waals surface area contributed by atoms with Gasteiger partial charge in [0.1, 0.15) is 23.3 Å². The Kier molecular flexibility index (Phi) is 8.15. The largest absolute Gasteiger partial charge is 0.480 e. The first kappa shape index (κ1) is 28.1. The monoisotopic (exact) mass is 510 g/mol. The maximum Gasteiger partial charge on any atom is 0.411 e. The molecule has 0 aromatic heterocycles. The lowest BCUT2D eigenvalue weighted by atomic mass is 9.94. The van der Waals surface area contributed by atoms with E-state index >= 15 is 0 Å². The van der Waals surface area contributed by atoms with Gasteiger partial charge in [-0.05, 0) is 90.9 Å². The fourth-order valence-corrected chi connectivity index (χ4v) is 6.26. The molecule has 2 amide bonds. The third-order valence-corrected chi connectivity index (χ3v) is 7.54. The molecule has 0 unspecified atom stereocenters. The molecule has 2 aliphatic carbocycles. The highest BCUT2D eigenvalue weighted by atomic mass is 16.6. The summed E-state index contributed by atoms with van der Waals surface area (Å²) in [7, 11) is 0. The van der Waals surface area contributed by atoms with Crippen molar-refractivity contribution in [1.29, 1.82) is 0 Å². The number of carboxylic acids is 2. The van der Waals surface area contributed by atoms with Crippen LogP contribution in [0.5, 0.6) is 0 Å². The molecule has 2 heterocycles. The standard InChI is InChI=1S/2C13H21NO4/c2*1-13(2,3)18-12(17)14-7-8-5-4-6-9(8)10(14)11(15)16/h2*8-10H,4-7H2,1-3H3,(H,15,16)/t2*8-,9-,10-/m10/s1. The number of ether oxygens (including phenoxy) is 2. The van der Waals surface area contributed by atoms with Crippen LogP contribution in [0.25, 0.3) is 0 Å². The molecule has 4 fully saturated rings. The fraction of sp³-hybridized carbons (Fsp3) is 0.846. The van der Waals surface area contributed by atoms with Crippen LogP contribution < -0.4 is 0 Å². The van der Waals surface area contributed by atoms with Crippen LogP contribution in [0.1, 0.15) is 80.1 Å². The van der Waals surface area contributed by atoms with E-state index in [-0.39, 0.29) is 11.8 Å². The van der Waals surface area contributed by atoms with Crippen LogP contribution in [0.3, 0.4) is 0 Å². The number of carbonyl (C=O) groups is 4. The van der Waals surface area contributed by atoms with Crippen LogP contribution in [-0.2, 0) is 19.1 Å². The summed E-state index contributed by atoms with van der Waals surface area (Å²) in [5, 5.41) is 18.7. The molecule has 36 heavy (non-hydrogen) atoms. The van der Waals surface area contributed by atoms with Crippen molar-refractivity contribution in [2.45, 2.75) is 103 Å². The number of carboxylic acid groups (broad SMARTS) is 2. The van der Waals surface area contributed by atoms with E-state index in [4.69, 9.17) is 9.47 Å². The lowest BCUT2D eigenvalue weighted by Gasteiger charge is -2.28. The number of rotatable bonds is 2. The van der Waals surface area contributed by atoms with Crippen molar-refractivity contribution in [1.82, 2.24) is 9.80 Å². The van der Waals surface area contributed by atoms with Crippen LogP contribution in [0, 0.1) is 23.7 Å². The molecule has 2 N–H and O–H groups in total. The average Bonchev–Trinajstić information content (AvgIpc) is 3.44. The first-order valence-electron chi connectivity index (χ1n) is 13.0. The Hall–Kier alpha value is -2.52. The summed E-state index contributed by atoms with van der Waals surface area (Å²) >= 11 is 0. The molecule has 0 aromatic rings. The van der Waals surface area contributed by atoms with Crippen LogP contribution in [0.2, 0.25) is 0 Å². The lowest BCUT2D eigenvalue weighted by Crippen LogP contribution is -2.45. The van der Waals surface area contributed by atoms with Crippen LogP contribution in [0.15, 0.2) is 0 Å². The Labute approximate surface area is 213 Å². The van der Waals surface area contributed by atoms with Crippen molar-refractivity contribution < 1.29 is 38.9 Å². The highest BCUT2D eigenvalue weighted by molar-refractivity contribution is 5.82. The SMILES string of the molecule is CC(C)(C)OC(=O)N1C[C@@H]2CCC[C@@H]2[C@H]1C(=O)O.CC(C)(C)OC(=O)N1C[C@H]2CCC[C@H]2[C@@H]1C(=O)O. The number of hydrogen-bond acceptors (Lipinski definition) is 6. The van der Waals surface area contributed by atoms with Crippen LogP contribution >= 0.6 is 0 Å². The zero-order valence-corrected chi connectivity index (χ0v) is 22.4. The van der Waals surface area contributed by atoms with E-state index in [1.165, 1.54) is 9.80 Å². The van der Waals surface area contributed by atoms with Gasteiger partial charge in [-0.25, -0.2) is 19.2 Å². The summed E-state index contributed by atoms with van der Waals surface area (Å²) in [6.07, 6.45) is 5.00. The summed E-state index contributed by atoms with van der Waals surface area (Å²) in [6, 6.07) is -1.40. The second kappa shape index (κ2) is 10.5. The minimum absolute atomic E-state index is 0.106. The average molecular weight is 511 g/mol.